The van der Waals surface area contributed by atoms with Crippen LogP contribution in [0.3, 0.4) is 0 Å². The Morgan fingerprint density at radius 3 is 2.10 bits per heavy atom. The monoisotopic (exact) mass is 273 g/mol. The van der Waals surface area contributed by atoms with Crippen LogP contribution in [0.25, 0.3) is 16.8 Å². The lowest BCUT2D eigenvalue weighted by molar-refractivity contribution is 1.03. The van der Waals surface area contributed by atoms with Crippen LogP contribution in [0.2, 0.25) is 0 Å². The number of benzene rings is 2. The Morgan fingerprint density at radius 1 is 0.952 bits per heavy atom. The van der Waals surface area contributed by atoms with Crippen molar-refractivity contribution in [2.24, 2.45) is 0 Å². The Balaban J connectivity index is 2.31. The number of nitrogens with two attached hydrogens (primary N) is 1. The molecule has 1 heterocycles. The molecule has 0 unspecified atom stereocenters. The van der Waals surface area contributed by atoms with E-state index in [0.29, 0.717) is 11.4 Å². The van der Waals surface area contributed by atoms with Gasteiger partial charge in [-0.15, -0.1) is 0 Å². The Bertz CT molecular complexity index is 809. The first-order valence-corrected chi connectivity index (χ1v) is 6.75. The van der Waals surface area contributed by atoms with E-state index < -0.39 is 0 Å². The topological polar surface area (TPSA) is 54.7 Å². The van der Waals surface area contributed by atoms with Crippen LogP contribution < -0.4 is 5.73 Å². The van der Waals surface area contributed by atoms with Crippen LogP contribution in [0.15, 0.2) is 60.7 Å². The summed E-state index contributed by atoms with van der Waals surface area (Å²) < 4.78 is 1.93. The Kier molecular flexibility index (Phi) is 3.21. The van der Waals surface area contributed by atoms with E-state index in [4.69, 9.17) is 5.73 Å². The molecule has 102 valence electrons. The average molecular weight is 273 g/mol. The molecule has 0 saturated heterocycles. The zero-order valence-electron chi connectivity index (χ0n) is 11.7. The molecule has 0 bridgehead atoms. The normalized spacial score (nSPS) is 10.3. The molecule has 3 aromatic rings. The first-order chi connectivity index (χ1) is 10.2. The zero-order chi connectivity index (χ0) is 14.8. The zero-order valence-corrected chi connectivity index (χ0v) is 11.7. The summed E-state index contributed by atoms with van der Waals surface area (Å²) in [5.74, 6) is 0.486. The molecule has 21 heavy (non-hydrogen) atoms. The predicted octanol–water partition coefficient (Wildman–Crippen LogP) is 3.91. The van der Waals surface area contributed by atoms with Gasteiger partial charge in [-0.3, -0.25) is 4.57 Å². The fourth-order valence-electron chi connectivity index (χ4n) is 2.69. The van der Waals surface area contributed by atoms with E-state index in [1.54, 1.807) is 0 Å². The van der Waals surface area contributed by atoms with Crippen LogP contribution in [-0.2, 0) is 0 Å². The molecule has 3 rings (SSSR count). The van der Waals surface area contributed by atoms with Crippen LogP contribution in [0, 0.1) is 18.3 Å². The fourth-order valence-corrected chi connectivity index (χ4v) is 2.69. The maximum atomic E-state index is 9.50. The first kappa shape index (κ1) is 13.0. The van der Waals surface area contributed by atoms with Crippen molar-refractivity contribution in [3.05, 3.63) is 71.9 Å². The van der Waals surface area contributed by atoms with Crippen LogP contribution in [-0.4, -0.2) is 4.57 Å². The van der Waals surface area contributed by atoms with Gasteiger partial charge in [-0.1, -0.05) is 48.5 Å². The summed E-state index contributed by atoms with van der Waals surface area (Å²) in [4.78, 5) is 0. The van der Waals surface area contributed by atoms with E-state index >= 15 is 0 Å². The maximum Gasteiger partial charge on any atom is 0.127 e. The van der Waals surface area contributed by atoms with Gasteiger partial charge in [0.25, 0.3) is 0 Å². The molecule has 0 atom stereocenters. The number of rotatable bonds is 2. The van der Waals surface area contributed by atoms with Crippen molar-refractivity contribution in [1.29, 1.82) is 5.26 Å². The third-order valence-electron chi connectivity index (χ3n) is 3.63. The Hall–Kier alpha value is -2.99. The van der Waals surface area contributed by atoms with E-state index in [9.17, 15) is 5.26 Å². The molecule has 0 spiro atoms. The number of nitrogen functional groups attached to an aromatic ring is 1. The molecular weight excluding hydrogens is 258 g/mol. The van der Waals surface area contributed by atoms with Crippen LogP contribution in [0.4, 0.5) is 5.82 Å². The SMILES string of the molecule is Cc1c(-c2ccccc2)c(C#N)c(N)n1-c1ccccc1. The van der Waals surface area contributed by atoms with Crippen molar-refractivity contribution >= 4 is 5.82 Å². The second-order valence-corrected chi connectivity index (χ2v) is 4.87. The van der Waals surface area contributed by atoms with Gasteiger partial charge in [0.15, 0.2) is 0 Å². The molecule has 3 nitrogen and oxygen atoms in total. The van der Waals surface area contributed by atoms with Crippen LogP contribution >= 0.6 is 0 Å². The molecule has 2 N–H and O–H groups in total. The van der Waals surface area contributed by atoms with Crippen molar-refractivity contribution in [3.63, 3.8) is 0 Å². The molecular formula is C18H15N3. The molecule has 1 aromatic heterocycles. The molecule has 2 aromatic carbocycles. The highest BCUT2D eigenvalue weighted by molar-refractivity contribution is 5.80. The number of nitriles is 1. The Labute approximate surface area is 123 Å². The summed E-state index contributed by atoms with van der Waals surface area (Å²) in [5, 5.41) is 9.50. The number of para-hydroxylation sites is 1. The summed E-state index contributed by atoms with van der Waals surface area (Å²) in [6.07, 6.45) is 0. The van der Waals surface area contributed by atoms with Gasteiger partial charge in [0.2, 0.25) is 0 Å². The number of anilines is 1. The van der Waals surface area contributed by atoms with Gasteiger partial charge >= 0.3 is 0 Å². The third kappa shape index (κ3) is 2.07. The van der Waals surface area contributed by atoms with E-state index in [2.05, 4.69) is 6.07 Å². The largest absolute Gasteiger partial charge is 0.384 e. The maximum absolute atomic E-state index is 9.50. The summed E-state index contributed by atoms with van der Waals surface area (Å²) in [6.45, 7) is 1.99. The van der Waals surface area contributed by atoms with E-state index in [0.717, 1.165) is 22.5 Å². The fraction of sp³-hybridized carbons (Fsp3) is 0.0556. The van der Waals surface area contributed by atoms with Gasteiger partial charge in [-0.25, -0.2) is 0 Å². The summed E-state index contributed by atoms with van der Waals surface area (Å²) in [6, 6.07) is 22.0. The van der Waals surface area contributed by atoms with Gasteiger partial charge < -0.3 is 5.73 Å². The van der Waals surface area contributed by atoms with Gasteiger partial charge in [-0.05, 0) is 24.6 Å². The van der Waals surface area contributed by atoms with Gasteiger partial charge in [0.1, 0.15) is 17.5 Å². The molecule has 0 radical (unpaired) electrons. The lowest BCUT2D eigenvalue weighted by Crippen LogP contribution is -2.02. The number of hydrogen-bond donors (Lipinski definition) is 1. The summed E-state index contributed by atoms with van der Waals surface area (Å²) in [5.41, 5.74) is 10.6. The lowest BCUT2D eigenvalue weighted by atomic mass is 10.0. The standard InChI is InChI=1S/C18H15N3/c1-13-17(14-8-4-2-5-9-14)16(12-19)18(20)21(13)15-10-6-3-7-11-15/h2-11H,20H2,1H3. The molecule has 0 amide bonds. The second-order valence-electron chi connectivity index (χ2n) is 4.87. The highest BCUT2D eigenvalue weighted by Gasteiger charge is 2.20. The lowest BCUT2D eigenvalue weighted by Gasteiger charge is -2.09. The van der Waals surface area contributed by atoms with Crippen molar-refractivity contribution in [2.45, 2.75) is 6.92 Å². The minimum atomic E-state index is 0.486. The summed E-state index contributed by atoms with van der Waals surface area (Å²) >= 11 is 0. The molecule has 0 aliphatic heterocycles. The highest BCUT2D eigenvalue weighted by Crippen LogP contribution is 2.35. The van der Waals surface area contributed by atoms with Crippen LogP contribution in [0.5, 0.6) is 0 Å². The minimum Gasteiger partial charge on any atom is -0.384 e. The molecule has 0 aliphatic rings. The van der Waals surface area contributed by atoms with Crippen molar-refractivity contribution in [2.75, 3.05) is 5.73 Å². The predicted molar refractivity (Wildman–Crippen MR) is 85.1 cm³/mol. The van der Waals surface area contributed by atoms with E-state index in [1.165, 1.54) is 0 Å². The number of nitrogens with zero attached hydrogens (tertiary/aromatic N) is 2. The van der Waals surface area contributed by atoms with Crippen molar-refractivity contribution in [3.8, 4) is 22.9 Å². The number of aromatic nitrogens is 1. The third-order valence-corrected chi connectivity index (χ3v) is 3.63. The highest BCUT2D eigenvalue weighted by atomic mass is 15.1. The van der Waals surface area contributed by atoms with Crippen molar-refractivity contribution < 1.29 is 0 Å². The quantitative estimate of drug-likeness (QED) is 0.769. The van der Waals surface area contributed by atoms with Gasteiger partial charge in [0, 0.05) is 16.9 Å². The molecule has 3 heteroatoms. The number of hydrogen-bond acceptors (Lipinski definition) is 2. The van der Waals surface area contributed by atoms with Crippen LogP contribution in [0.1, 0.15) is 11.3 Å². The van der Waals surface area contributed by atoms with Crippen molar-refractivity contribution in [1.82, 2.24) is 4.57 Å². The average Bonchev–Trinajstić information content (AvgIpc) is 2.79. The smallest absolute Gasteiger partial charge is 0.127 e. The first-order valence-electron chi connectivity index (χ1n) is 6.75. The van der Waals surface area contributed by atoms with Gasteiger partial charge in [-0.2, -0.15) is 5.26 Å². The minimum absolute atomic E-state index is 0.486. The molecule has 0 fully saturated rings. The molecule has 0 saturated carbocycles. The second kappa shape index (κ2) is 5.18. The summed E-state index contributed by atoms with van der Waals surface area (Å²) in [7, 11) is 0. The van der Waals surface area contributed by atoms with E-state index in [-0.39, 0.29) is 0 Å². The van der Waals surface area contributed by atoms with Gasteiger partial charge in [0.05, 0.1) is 0 Å². The van der Waals surface area contributed by atoms with E-state index in [1.807, 2.05) is 72.2 Å². The molecule has 0 aliphatic carbocycles. The Morgan fingerprint density at radius 2 is 1.52 bits per heavy atom.